The van der Waals surface area contributed by atoms with Gasteiger partial charge in [0.15, 0.2) is 11.5 Å². The van der Waals surface area contributed by atoms with Crippen molar-refractivity contribution in [2.75, 3.05) is 0 Å². The zero-order valence-electron chi connectivity index (χ0n) is 34.2. The summed E-state index contributed by atoms with van der Waals surface area (Å²) in [6, 6.07) is 79.8. The smallest absolute Gasteiger partial charge is 0.187 e. The molecule has 2 aliphatic rings. The van der Waals surface area contributed by atoms with Crippen molar-refractivity contribution in [2.45, 2.75) is 5.41 Å². The van der Waals surface area contributed by atoms with Gasteiger partial charge in [-0.2, -0.15) is 0 Å². The van der Waals surface area contributed by atoms with Crippen molar-refractivity contribution in [3.63, 3.8) is 0 Å². The van der Waals surface area contributed by atoms with Crippen molar-refractivity contribution < 1.29 is 0 Å². The zero-order chi connectivity index (χ0) is 41.9. The molecule has 0 bridgehead atoms. The molecule has 0 fully saturated rings. The van der Waals surface area contributed by atoms with Crippen LogP contribution in [0.3, 0.4) is 0 Å². The largest absolute Gasteiger partial charge is 0.238 e. The van der Waals surface area contributed by atoms with E-state index < -0.39 is 5.41 Å². The first-order valence-electron chi connectivity index (χ1n) is 21.3. The van der Waals surface area contributed by atoms with E-state index in [2.05, 4.69) is 211 Å². The third-order valence-corrected chi connectivity index (χ3v) is 13.0. The van der Waals surface area contributed by atoms with Crippen molar-refractivity contribution >= 4 is 5.69 Å². The summed E-state index contributed by atoms with van der Waals surface area (Å²) in [6.07, 6.45) is 0. The molecule has 3 nitrogen and oxygen atoms in total. The molecule has 10 aromatic rings. The van der Waals surface area contributed by atoms with Gasteiger partial charge in [0.25, 0.3) is 0 Å². The third kappa shape index (κ3) is 5.88. The SMILES string of the molecule is [C-]#[N+]c1ccc2c(c1)-c1ccc(-c3ccc(-c4nc(-c5ccc(-c6ccccc6)cc5)cc(-c5ccc(-c6ccccc6)cc5)n4)cc3)cc1C21c2ccccc2-c2ccccc21. The summed E-state index contributed by atoms with van der Waals surface area (Å²) in [7, 11) is 0. The molecule has 9 aromatic carbocycles. The molecule has 0 radical (unpaired) electrons. The lowest BCUT2D eigenvalue weighted by Crippen LogP contribution is -2.25. The molecule has 1 spiro atoms. The van der Waals surface area contributed by atoms with Crippen LogP contribution in [-0.4, -0.2) is 9.97 Å². The van der Waals surface area contributed by atoms with Crippen LogP contribution in [0.4, 0.5) is 5.69 Å². The van der Waals surface area contributed by atoms with Gasteiger partial charge in [0.1, 0.15) is 0 Å². The van der Waals surface area contributed by atoms with Crippen molar-refractivity contribution in [1.82, 2.24) is 9.97 Å². The first-order chi connectivity index (χ1) is 31.2. The monoisotopic (exact) mass is 799 g/mol. The fourth-order valence-electron chi connectivity index (χ4n) is 9.99. The normalized spacial score (nSPS) is 12.6. The van der Waals surface area contributed by atoms with Gasteiger partial charge >= 0.3 is 0 Å². The van der Waals surface area contributed by atoms with Gasteiger partial charge in [-0.1, -0.05) is 206 Å². The number of fused-ring (bicyclic) bond motifs is 10. The number of hydrogen-bond acceptors (Lipinski definition) is 2. The van der Waals surface area contributed by atoms with Crippen LogP contribution in [0.5, 0.6) is 0 Å². The Morgan fingerprint density at radius 2 is 0.714 bits per heavy atom. The van der Waals surface area contributed by atoms with Gasteiger partial charge in [0.2, 0.25) is 0 Å². The molecule has 1 aromatic heterocycles. The molecule has 2 aliphatic carbocycles. The van der Waals surface area contributed by atoms with Gasteiger partial charge in [-0.3, -0.25) is 0 Å². The van der Waals surface area contributed by atoms with Gasteiger partial charge in [-0.15, -0.1) is 0 Å². The van der Waals surface area contributed by atoms with E-state index in [1.807, 2.05) is 18.2 Å². The van der Waals surface area contributed by atoms with Gasteiger partial charge in [0, 0.05) is 16.7 Å². The standard InChI is InChI=1S/C60H37N3/c1-61-48-33-35-55-52(37-48)51-34-32-47(36-56(51)60(55)53-18-10-8-16-49(53)50-17-9-11-19-54(50)60)43-24-30-46(31-25-43)59-62-57(44-26-20-41(21-27-44)39-12-4-2-5-13-39)38-58(63-59)45-28-22-42(23-29-45)40-14-6-3-7-15-40/h2-38H. The van der Waals surface area contributed by atoms with Gasteiger partial charge in [-0.25, -0.2) is 14.8 Å². The quantitative estimate of drug-likeness (QED) is 0.157. The Labute approximate surface area is 367 Å². The second kappa shape index (κ2) is 14.6. The minimum absolute atomic E-state index is 0.488. The summed E-state index contributed by atoms with van der Waals surface area (Å²) < 4.78 is 0. The van der Waals surface area contributed by atoms with E-state index in [4.69, 9.17) is 16.5 Å². The summed E-state index contributed by atoms with van der Waals surface area (Å²) in [4.78, 5) is 14.3. The summed E-state index contributed by atoms with van der Waals surface area (Å²) in [6.45, 7) is 7.85. The highest BCUT2D eigenvalue weighted by atomic mass is 14.9. The van der Waals surface area contributed by atoms with E-state index in [9.17, 15) is 0 Å². The number of rotatable bonds is 6. The maximum atomic E-state index is 7.85. The number of benzene rings is 9. The summed E-state index contributed by atoms with van der Waals surface area (Å²) >= 11 is 0. The second-order valence-electron chi connectivity index (χ2n) is 16.4. The zero-order valence-corrected chi connectivity index (χ0v) is 34.2. The summed E-state index contributed by atoms with van der Waals surface area (Å²) in [5, 5.41) is 0. The highest BCUT2D eigenvalue weighted by Crippen LogP contribution is 2.63. The lowest BCUT2D eigenvalue weighted by atomic mass is 9.70. The van der Waals surface area contributed by atoms with E-state index in [-0.39, 0.29) is 0 Å². The van der Waals surface area contributed by atoms with Crippen LogP contribution >= 0.6 is 0 Å². The third-order valence-electron chi connectivity index (χ3n) is 13.0. The van der Waals surface area contributed by atoms with Gasteiger partial charge in [-0.05, 0) is 96.1 Å². The molecule has 63 heavy (non-hydrogen) atoms. The second-order valence-corrected chi connectivity index (χ2v) is 16.4. The molecule has 0 atom stereocenters. The predicted molar refractivity (Wildman–Crippen MR) is 257 cm³/mol. The summed E-state index contributed by atoms with van der Waals surface area (Å²) in [5.74, 6) is 0.673. The molecule has 0 saturated heterocycles. The average Bonchev–Trinajstić information content (AvgIpc) is 3.83. The Hall–Kier alpha value is -8.45. The van der Waals surface area contributed by atoms with Crippen LogP contribution in [0.15, 0.2) is 224 Å². The Morgan fingerprint density at radius 1 is 0.302 bits per heavy atom. The topological polar surface area (TPSA) is 30.1 Å². The van der Waals surface area contributed by atoms with Crippen molar-refractivity contribution in [3.05, 3.63) is 258 Å². The average molecular weight is 800 g/mol. The van der Waals surface area contributed by atoms with Crippen LogP contribution in [0.2, 0.25) is 0 Å². The van der Waals surface area contributed by atoms with Crippen LogP contribution in [0, 0.1) is 6.57 Å². The maximum Gasteiger partial charge on any atom is 0.187 e. The molecule has 3 heteroatoms. The molecule has 0 amide bonds. The van der Waals surface area contributed by atoms with Gasteiger partial charge in [0.05, 0.1) is 23.4 Å². The molecule has 0 N–H and O–H groups in total. The fourth-order valence-corrected chi connectivity index (χ4v) is 9.99. The van der Waals surface area contributed by atoms with Crippen molar-refractivity contribution in [1.29, 1.82) is 0 Å². The number of aromatic nitrogens is 2. The fraction of sp³-hybridized carbons (Fsp3) is 0.0167. The Morgan fingerprint density at radius 3 is 1.25 bits per heavy atom. The minimum Gasteiger partial charge on any atom is -0.238 e. The first-order valence-corrected chi connectivity index (χ1v) is 21.3. The van der Waals surface area contributed by atoms with Crippen LogP contribution in [-0.2, 0) is 5.41 Å². The highest BCUT2D eigenvalue weighted by Gasteiger charge is 2.51. The van der Waals surface area contributed by atoms with Crippen LogP contribution in [0.25, 0.3) is 94.4 Å². The van der Waals surface area contributed by atoms with Crippen LogP contribution in [0.1, 0.15) is 22.3 Å². The van der Waals surface area contributed by atoms with E-state index in [1.165, 1.54) is 50.1 Å². The Balaban J connectivity index is 0.954. The molecule has 0 unspecified atom stereocenters. The van der Waals surface area contributed by atoms with Crippen molar-refractivity contribution in [2.24, 2.45) is 0 Å². The van der Waals surface area contributed by atoms with E-state index in [0.29, 0.717) is 11.5 Å². The van der Waals surface area contributed by atoms with Crippen molar-refractivity contribution in [3.8, 4) is 89.5 Å². The molecule has 292 valence electrons. The first kappa shape index (κ1) is 36.4. The predicted octanol–water partition coefficient (Wildman–Crippen LogP) is 15.4. The highest BCUT2D eigenvalue weighted by molar-refractivity contribution is 5.96. The molecule has 0 aliphatic heterocycles. The lowest BCUT2D eigenvalue weighted by Gasteiger charge is -2.30. The molecule has 0 saturated carbocycles. The minimum atomic E-state index is -0.488. The van der Waals surface area contributed by atoms with Gasteiger partial charge < -0.3 is 0 Å². The Bertz CT molecular complexity index is 3270. The lowest BCUT2D eigenvalue weighted by molar-refractivity contribution is 0.794. The van der Waals surface area contributed by atoms with E-state index in [0.717, 1.165) is 55.9 Å². The molecule has 12 rings (SSSR count). The number of nitrogens with zero attached hydrogens (tertiary/aromatic N) is 3. The molecule has 1 heterocycles. The molecular weight excluding hydrogens is 763 g/mol. The van der Waals surface area contributed by atoms with E-state index >= 15 is 0 Å². The van der Waals surface area contributed by atoms with Crippen LogP contribution < -0.4 is 0 Å². The van der Waals surface area contributed by atoms with E-state index in [1.54, 1.807) is 0 Å². The number of hydrogen-bond donors (Lipinski definition) is 0. The Kier molecular flexibility index (Phi) is 8.45. The summed E-state index contributed by atoms with van der Waals surface area (Å²) in [5.41, 5.74) is 21.7. The maximum absolute atomic E-state index is 7.85. The molecular formula is C60H37N3.